The summed E-state index contributed by atoms with van der Waals surface area (Å²) in [4.78, 5) is 29.6. The van der Waals surface area contributed by atoms with Crippen molar-refractivity contribution in [3.8, 4) is 5.75 Å². The Hall–Kier alpha value is -3.46. The molecule has 8 nitrogen and oxygen atoms in total. The molecule has 0 saturated carbocycles. The van der Waals surface area contributed by atoms with E-state index in [4.69, 9.17) is 9.73 Å². The van der Waals surface area contributed by atoms with Gasteiger partial charge in [-0.25, -0.2) is 9.38 Å². The first-order valence-electron chi connectivity index (χ1n) is 14.2. The Balaban J connectivity index is 1.89. The first-order valence-corrected chi connectivity index (χ1v) is 14.2. The van der Waals surface area contributed by atoms with Gasteiger partial charge in [0.05, 0.1) is 17.3 Å². The second-order valence-corrected chi connectivity index (χ2v) is 10.3. The van der Waals surface area contributed by atoms with E-state index in [1.54, 1.807) is 7.05 Å². The van der Waals surface area contributed by atoms with Crippen LogP contribution in [0.4, 0.5) is 4.39 Å². The lowest BCUT2D eigenvalue weighted by Gasteiger charge is -2.36. The fourth-order valence-electron chi connectivity index (χ4n) is 4.81. The molecule has 1 unspecified atom stereocenters. The van der Waals surface area contributed by atoms with E-state index in [1.807, 2.05) is 38.1 Å². The molecule has 0 bridgehead atoms. The van der Waals surface area contributed by atoms with E-state index in [2.05, 4.69) is 39.7 Å². The number of rotatable bonds is 12. The summed E-state index contributed by atoms with van der Waals surface area (Å²) >= 11 is 0. The average Bonchev–Trinajstić information content (AvgIpc) is 2.91. The number of carbonyl (C=O) groups is 1. The monoisotopic (exact) mass is 552 g/mol. The molecule has 2 aliphatic heterocycles. The first kappa shape index (κ1) is 31.1. The molecule has 40 heavy (non-hydrogen) atoms. The quantitative estimate of drug-likeness (QED) is 0.179. The van der Waals surface area contributed by atoms with Crippen molar-refractivity contribution in [1.82, 2.24) is 20.0 Å². The van der Waals surface area contributed by atoms with E-state index in [1.165, 1.54) is 18.2 Å². The maximum absolute atomic E-state index is 14.3. The van der Waals surface area contributed by atoms with Crippen molar-refractivity contribution < 1.29 is 13.9 Å². The van der Waals surface area contributed by atoms with Crippen LogP contribution in [0.25, 0.3) is 0 Å². The fraction of sp³-hybridized carbons (Fsp3) is 0.516. The number of amides is 1. The molecule has 218 valence electrons. The number of halogens is 1. The number of amidine groups is 1. The van der Waals surface area contributed by atoms with Crippen molar-refractivity contribution in [3.05, 3.63) is 65.8 Å². The minimum Gasteiger partial charge on any atom is -0.491 e. The summed E-state index contributed by atoms with van der Waals surface area (Å²) in [7, 11) is 5.62. The van der Waals surface area contributed by atoms with Gasteiger partial charge in [0.15, 0.2) is 0 Å². The van der Waals surface area contributed by atoms with E-state index in [-0.39, 0.29) is 17.5 Å². The number of hydrogen-bond donors (Lipinski definition) is 1. The molecular weight excluding hydrogens is 507 g/mol. The van der Waals surface area contributed by atoms with Crippen molar-refractivity contribution in [2.24, 2.45) is 9.98 Å². The highest BCUT2D eigenvalue weighted by Gasteiger charge is 2.32. The van der Waals surface area contributed by atoms with Crippen LogP contribution in [0.5, 0.6) is 5.75 Å². The van der Waals surface area contributed by atoms with Crippen LogP contribution < -0.4 is 10.1 Å². The van der Waals surface area contributed by atoms with E-state index in [0.717, 1.165) is 68.3 Å². The molecular formula is C31H45FN6O2. The number of carbonyl (C=O) groups excluding carboxylic acids is 1. The Morgan fingerprint density at radius 3 is 2.65 bits per heavy atom. The van der Waals surface area contributed by atoms with Crippen molar-refractivity contribution in [2.45, 2.75) is 45.6 Å². The summed E-state index contributed by atoms with van der Waals surface area (Å²) in [5.74, 6) is 0.598. The Morgan fingerprint density at radius 2 is 2.00 bits per heavy atom. The van der Waals surface area contributed by atoms with Crippen LogP contribution in [0.3, 0.4) is 0 Å². The second kappa shape index (κ2) is 15.4. The molecule has 2 fully saturated rings. The lowest BCUT2D eigenvalue weighted by atomic mass is 9.96. The number of piperidine rings is 1. The van der Waals surface area contributed by atoms with Crippen LogP contribution in [-0.2, 0) is 0 Å². The minimum atomic E-state index is -0.465. The van der Waals surface area contributed by atoms with Crippen LogP contribution in [0.2, 0.25) is 0 Å². The van der Waals surface area contributed by atoms with Gasteiger partial charge in [0.1, 0.15) is 24.0 Å². The Labute approximate surface area is 239 Å². The van der Waals surface area contributed by atoms with Gasteiger partial charge >= 0.3 is 0 Å². The van der Waals surface area contributed by atoms with Crippen LogP contribution in [0, 0.1) is 5.82 Å². The van der Waals surface area contributed by atoms with E-state index >= 15 is 0 Å². The molecule has 0 aliphatic carbocycles. The van der Waals surface area contributed by atoms with Crippen molar-refractivity contribution in [1.29, 1.82) is 0 Å². The minimum absolute atomic E-state index is 0.228. The summed E-state index contributed by atoms with van der Waals surface area (Å²) in [5, 5.41) is 3.02. The van der Waals surface area contributed by atoms with Crippen LogP contribution in [0.1, 0.15) is 49.9 Å². The van der Waals surface area contributed by atoms with Crippen LogP contribution in [0.15, 0.2) is 64.4 Å². The third kappa shape index (κ3) is 8.27. The molecule has 0 aromatic heterocycles. The first-order chi connectivity index (χ1) is 19.3. The predicted octanol–water partition coefficient (Wildman–Crippen LogP) is 4.52. The van der Waals surface area contributed by atoms with Gasteiger partial charge in [0, 0.05) is 58.2 Å². The van der Waals surface area contributed by atoms with Gasteiger partial charge in [-0.3, -0.25) is 9.79 Å². The highest BCUT2D eigenvalue weighted by atomic mass is 19.1. The molecule has 9 heteroatoms. The molecule has 2 aliphatic rings. The molecule has 2 saturated heterocycles. The third-order valence-electron chi connectivity index (χ3n) is 7.32. The SMILES string of the molecule is C=CCN(C)/C(C)=C/C(=N\C(C)=C\C(=N/C)C1CCCCN1C(=O)c1cc(F)ccc1OCCNC)N1CCC1. The van der Waals surface area contributed by atoms with Gasteiger partial charge in [0.25, 0.3) is 5.91 Å². The topological polar surface area (TPSA) is 72.8 Å². The standard InChI is InChI=1S/C31H45FN6O2/c1-7-15-36(6)24(3)21-30(37-16-10-17-37)35-23(2)20-27(34-5)28-11-8-9-18-38(28)31(39)26-22-25(32)12-13-29(26)40-19-14-33-4/h7,12-13,20-22,28,33H,1,8-11,14-19H2,2-6H3/b23-20+,24-21+,34-27+,35-30+. The van der Waals surface area contributed by atoms with Crippen molar-refractivity contribution >= 4 is 17.5 Å². The van der Waals surface area contributed by atoms with Gasteiger partial charge in [-0.2, -0.15) is 0 Å². The number of hydrogen-bond acceptors (Lipinski definition) is 6. The Morgan fingerprint density at radius 1 is 1.23 bits per heavy atom. The molecule has 1 aromatic carbocycles. The highest BCUT2D eigenvalue weighted by Crippen LogP contribution is 2.27. The number of nitrogens with zero attached hydrogens (tertiary/aromatic N) is 5. The number of likely N-dealkylation sites (tertiary alicyclic amines) is 2. The maximum atomic E-state index is 14.3. The third-order valence-corrected chi connectivity index (χ3v) is 7.32. The smallest absolute Gasteiger partial charge is 0.258 e. The largest absolute Gasteiger partial charge is 0.491 e. The zero-order chi connectivity index (χ0) is 29.1. The van der Waals surface area contributed by atoms with Crippen molar-refractivity contribution in [3.63, 3.8) is 0 Å². The predicted molar refractivity (Wildman–Crippen MR) is 162 cm³/mol. The van der Waals surface area contributed by atoms with Gasteiger partial charge < -0.3 is 24.8 Å². The van der Waals surface area contributed by atoms with E-state index in [9.17, 15) is 9.18 Å². The maximum Gasteiger partial charge on any atom is 0.258 e. The van der Waals surface area contributed by atoms with Gasteiger partial charge in [-0.15, -0.1) is 6.58 Å². The van der Waals surface area contributed by atoms with Gasteiger partial charge in [0.2, 0.25) is 0 Å². The number of nitrogens with one attached hydrogen (secondary N) is 1. The summed E-state index contributed by atoms with van der Waals surface area (Å²) in [6, 6.07) is 3.90. The number of benzene rings is 1. The molecule has 1 N–H and O–H groups in total. The molecule has 2 heterocycles. The Bertz CT molecular complexity index is 1150. The molecule has 0 spiro atoms. The lowest BCUT2D eigenvalue weighted by molar-refractivity contribution is 0.0676. The number of likely N-dealkylation sites (N-methyl/N-ethyl adjacent to an activating group) is 2. The van der Waals surface area contributed by atoms with E-state index < -0.39 is 5.82 Å². The zero-order valence-electron chi connectivity index (χ0n) is 24.8. The fourth-order valence-corrected chi connectivity index (χ4v) is 4.81. The van der Waals surface area contributed by atoms with Gasteiger partial charge in [-0.05, 0) is 76.9 Å². The van der Waals surface area contributed by atoms with Crippen molar-refractivity contribution in [2.75, 3.05) is 60.5 Å². The summed E-state index contributed by atoms with van der Waals surface area (Å²) in [6.07, 6.45) is 9.76. The van der Waals surface area contributed by atoms with Crippen LogP contribution >= 0.6 is 0 Å². The number of ether oxygens (including phenoxy) is 1. The summed E-state index contributed by atoms with van der Waals surface area (Å²) < 4.78 is 20.1. The molecule has 1 amide bonds. The summed E-state index contributed by atoms with van der Waals surface area (Å²) in [5.41, 5.74) is 2.95. The molecule has 1 atom stereocenters. The Kier molecular flexibility index (Phi) is 11.9. The highest BCUT2D eigenvalue weighted by molar-refractivity contribution is 6.05. The summed E-state index contributed by atoms with van der Waals surface area (Å²) in [6.45, 7) is 12.2. The van der Waals surface area contributed by atoms with Gasteiger partial charge in [-0.1, -0.05) is 6.08 Å². The molecule has 1 aromatic rings. The van der Waals surface area contributed by atoms with Crippen LogP contribution in [-0.4, -0.2) is 98.7 Å². The zero-order valence-corrected chi connectivity index (χ0v) is 24.8. The second-order valence-electron chi connectivity index (χ2n) is 10.3. The van der Waals surface area contributed by atoms with E-state index in [0.29, 0.717) is 25.4 Å². The normalized spacial score (nSPS) is 18.9. The lowest BCUT2D eigenvalue weighted by Crippen LogP contribution is -2.47. The molecule has 3 rings (SSSR count). The average molecular weight is 553 g/mol. The molecule has 0 radical (unpaired) electrons. The number of allylic oxidation sites excluding steroid dienone is 2. The number of aliphatic imine (C=N–C) groups is 2.